The standard InChI is InChI=1S/C14H10N4O2/c15-12(20)9-5-2-1-4-8(9)11(19)14-17-10-6-3-7-16-13(10)18-14/h1-7H,(H2,15,20)(H,16,17,18). The summed E-state index contributed by atoms with van der Waals surface area (Å²) >= 11 is 0. The van der Waals surface area contributed by atoms with E-state index in [1.807, 2.05) is 0 Å². The van der Waals surface area contributed by atoms with Gasteiger partial charge in [0.1, 0.15) is 0 Å². The van der Waals surface area contributed by atoms with E-state index in [2.05, 4.69) is 15.0 Å². The topological polar surface area (TPSA) is 102 Å². The van der Waals surface area contributed by atoms with Gasteiger partial charge in [-0.1, -0.05) is 18.2 Å². The maximum Gasteiger partial charge on any atom is 0.249 e. The zero-order valence-corrected chi connectivity index (χ0v) is 10.3. The van der Waals surface area contributed by atoms with E-state index in [1.165, 1.54) is 6.07 Å². The summed E-state index contributed by atoms with van der Waals surface area (Å²) in [5.41, 5.74) is 6.78. The lowest BCUT2D eigenvalue weighted by Crippen LogP contribution is -2.17. The van der Waals surface area contributed by atoms with Crippen LogP contribution in [0.15, 0.2) is 42.6 Å². The molecule has 6 heteroatoms. The molecule has 0 aliphatic rings. The number of nitrogens with two attached hydrogens (primary N) is 1. The summed E-state index contributed by atoms with van der Waals surface area (Å²) in [6.07, 6.45) is 1.59. The number of H-pyrrole nitrogens is 1. The zero-order valence-electron chi connectivity index (χ0n) is 10.3. The molecule has 0 aliphatic heterocycles. The van der Waals surface area contributed by atoms with Gasteiger partial charge in [-0.3, -0.25) is 9.59 Å². The molecule has 2 heterocycles. The molecule has 0 saturated carbocycles. The van der Waals surface area contributed by atoms with Gasteiger partial charge in [0.15, 0.2) is 11.5 Å². The summed E-state index contributed by atoms with van der Waals surface area (Å²) in [6, 6.07) is 9.88. The number of primary amides is 1. The second-order valence-corrected chi connectivity index (χ2v) is 4.20. The third kappa shape index (κ3) is 1.93. The lowest BCUT2D eigenvalue weighted by molar-refractivity contribution is 0.0978. The molecular formula is C14H10N4O2. The third-order valence-electron chi connectivity index (χ3n) is 2.91. The van der Waals surface area contributed by atoms with Gasteiger partial charge in [0, 0.05) is 11.8 Å². The highest BCUT2D eigenvalue weighted by atomic mass is 16.1. The van der Waals surface area contributed by atoms with Crippen molar-refractivity contribution in [2.24, 2.45) is 5.73 Å². The molecular weight excluding hydrogens is 256 g/mol. The number of nitrogens with zero attached hydrogens (tertiary/aromatic N) is 2. The van der Waals surface area contributed by atoms with Gasteiger partial charge in [-0.2, -0.15) is 0 Å². The zero-order chi connectivity index (χ0) is 14.1. The Morgan fingerprint density at radius 1 is 1.05 bits per heavy atom. The molecule has 0 spiro atoms. The van der Waals surface area contributed by atoms with Gasteiger partial charge in [-0.15, -0.1) is 0 Å². The van der Waals surface area contributed by atoms with E-state index in [0.29, 0.717) is 11.2 Å². The first-order chi connectivity index (χ1) is 9.66. The first-order valence-corrected chi connectivity index (χ1v) is 5.91. The van der Waals surface area contributed by atoms with Crippen molar-refractivity contribution < 1.29 is 9.59 Å². The highest BCUT2D eigenvalue weighted by Crippen LogP contribution is 2.15. The number of benzene rings is 1. The first kappa shape index (κ1) is 12.0. The van der Waals surface area contributed by atoms with Gasteiger partial charge in [0.25, 0.3) is 0 Å². The van der Waals surface area contributed by atoms with Crippen LogP contribution in [-0.2, 0) is 0 Å². The number of hydrogen-bond acceptors (Lipinski definition) is 4. The molecule has 0 unspecified atom stereocenters. The van der Waals surface area contributed by atoms with Crippen LogP contribution in [0.25, 0.3) is 11.2 Å². The van der Waals surface area contributed by atoms with Crippen molar-refractivity contribution in [3.8, 4) is 0 Å². The molecule has 1 amide bonds. The Bertz CT molecular complexity index is 790. The maximum atomic E-state index is 12.4. The van der Waals surface area contributed by atoms with Gasteiger partial charge in [-0.25, -0.2) is 9.97 Å². The smallest absolute Gasteiger partial charge is 0.249 e. The van der Waals surface area contributed by atoms with Gasteiger partial charge in [0.2, 0.25) is 11.7 Å². The largest absolute Gasteiger partial charge is 0.366 e. The lowest BCUT2D eigenvalue weighted by atomic mass is 10.0. The molecule has 0 saturated heterocycles. The van der Waals surface area contributed by atoms with Crippen molar-refractivity contribution in [1.82, 2.24) is 15.0 Å². The van der Waals surface area contributed by atoms with E-state index < -0.39 is 11.7 Å². The van der Waals surface area contributed by atoms with Crippen LogP contribution in [0.1, 0.15) is 26.5 Å². The molecule has 2 aromatic heterocycles. The number of pyridine rings is 1. The van der Waals surface area contributed by atoms with Crippen LogP contribution >= 0.6 is 0 Å². The molecule has 0 bridgehead atoms. The van der Waals surface area contributed by atoms with Gasteiger partial charge in [0.05, 0.1) is 11.1 Å². The first-order valence-electron chi connectivity index (χ1n) is 5.91. The van der Waals surface area contributed by atoms with E-state index in [9.17, 15) is 9.59 Å². The minimum atomic E-state index is -0.650. The predicted octanol–water partition coefficient (Wildman–Crippen LogP) is 1.29. The Balaban J connectivity index is 2.11. The summed E-state index contributed by atoms with van der Waals surface area (Å²) in [5.74, 6) is -0.909. The molecule has 3 rings (SSSR count). The minimum Gasteiger partial charge on any atom is -0.366 e. The number of carbonyl (C=O) groups is 2. The van der Waals surface area contributed by atoms with Gasteiger partial charge < -0.3 is 10.7 Å². The summed E-state index contributed by atoms with van der Waals surface area (Å²) in [6.45, 7) is 0. The Kier molecular flexibility index (Phi) is 2.76. The number of nitrogens with one attached hydrogen (secondary N) is 1. The molecule has 20 heavy (non-hydrogen) atoms. The van der Waals surface area contributed by atoms with Crippen LogP contribution in [0.3, 0.4) is 0 Å². The SMILES string of the molecule is NC(=O)c1ccccc1C(=O)c1nc2ncccc2[nH]1. The average molecular weight is 266 g/mol. The molecule has 98 valence electrons. The Hall–Kier alpha value is -3.02. The fourth-order valence-electron chi connectivity index (χ4n) is 1.98. The quantitative estimate of drug-likeness (QED) is 0.697. The Morgan fingerprint density at radius 2 is 1.80 bits per heavy atom. The molecule has 0 radical (unpaired) electrons. The van der Waals surface area contributed by atoms with Crippen LogP contribution < -0.4 is 5.73 Å². The van der Waals surface area contributed by atoms with E-state index in [4.69, 9.17) is 5.73 Å². The number of aromatic amines is 1. The Labute approximate surface area is 113 Å². The monoisotopic (exact) mass is 266 g/mol. The van der Waals surface area contributed by atoms with Crippen LogP contribution in [0, 0.1) is 0 Å². The highest BCUT2D eigenvalue weighted by Gasteiger charge is 2.19. The van der Waals surface area contributed by atoms with Crippen molar-refractivity contribution in [2.75, 3.05) is 0 Å². The summed E-state index contributed by atoms with van der Waals surface area (Å²) in [5, 5.41) is 0. The molecule has 0 atom stereocenters. The minimum absolute atomic E-state index is 0.132. The van der Waals surface area contributed by atoms with Crippen molar-refractivity contribution >= 4 is 22.9 Å². The van der Waals surface area contributed by atoms with E-state index in [-0.39, 0.29) is 17.0 Å². The number of fused-ring (bicyclic) bond motifs is 1. The number of rotatable bonds is 3. The fraction of sp³-hybridized carbons (Fsp3) is 0. The lowest BCUT2D eigenvalue weighted by Gasteiger charge is -2.02. The van der Waals surface area contributed by atoms with E-state index >= 15 is 0 Å². The van der Waals surface area contributed by atoms with Crippen LogP contribution in [-0.4, -0.2) is 26.6 Å². The second-order valence-electron chi connectivity index (χ2n) is 4.20. The number of amides is 1. The fourth-order valence-corrected chi connectivity index (χ4v) is 1.98. The van der Waals surface area contributed by atoms with Crippen LogP contribution in [0.4, 0.5) is 0 Å². The van der Waals surface area contributed by atoms with Gasteiger partial charge in [-0.05, 0) is 18.2 Å². The molecule has 1 aromatic carbocycles. The van der Waals surface area contributed by atoms with E-state index in [1.54, 1.807) is 36.5 Å². The summed E-state index contributed by atoms with van der Waals surface area (Å²) in [4.78, 5) is 34.8. The molecule has 6 nitrogen and oxygen atoms in total. The normalized spacial score (nSPS) is 10.6. The molecule has 0 fully saturated rings. The highest BCUT2D eigenvalue weighted by molar-refractivity contribution is 6.14. The molecule has 0 aliphatic carbocycles. The van der Waals surface area contributed by atoms with Crippen molar-refractivity contribution in [1.29, 1.82) is 0 Å². The average Bonchev–Trinajstić information content (AvgIpc) is 2.90. The second kappa shape index (κ2) is 4.58. The van der Waals surface area contributed by atoms with Crippen LogP contribution in [0.5, 0.6) is 0 Å². The van der Waals surface area contributed by atoms with Crippen LogP contribution in [0.2, 0.25) is 0 Å². The van der Waals surface area contributed by atoms with Crippen molar-refractivity contribution in [3.05, 3.63) is 59.5 Å². The van der Waals surface area contributed by atoms with Crippen molar-refractivity contribution in [2.45, 2.75) is 0 Å². The number of ketones is 1. The maximum absolute atomic E-state index is 12.4. The molecule has 3 aromatic rings. The van der Waals surface area contributed by atoms with Gasteiger partial charge >= 0.3 is 0 Å². The van der Waals surface area contributed by atoms with E-state index in [0.717, 1.165) is 0 Å². The third-order valence-corrected chi connectivity index (χ3v) is 2.91. The summed E-state index contributed by atoms with van der Waals surface area (Å²) < 4.78 is 0. The number of carbonyl (C=O) groups excluding carboxylic acids is 2. The Morgan fingerprint density at radius 3 is 2.50 bits per heavy atom. The molecule has 3 N–H and O–H groups in total. The number of hydrogen-bond donors (Lipinski definition) is 2. The number of aromatic nitrogens is 3. The summed E-state index contributed by atoms with van der Waals surface area (Å²) in [7, 11) is 0. The predicted molar refractivity (Wildman–Crippen MR) is 72.3 cm³/mol. The van der Waals surface area contributed by atoms with Crippen molar-refractivity contribution in [3.63, 3.8) is 0 Å². The number of imidazole rings is 1.